The zero-order chi connectivity index (χ0) is 22.7. The predicted octanol–water partition coefficient (Wildman–Crippen LogP) is 11.9. The summed E-state index contributed by atoms with van der Waals surface area (Å²) in [5.74, 6) is 0. The van der Waals surface area contributed by atoms with Crippen molar-refractivity contribution in [2.45, 2.75) is 193 Å². The van der Waals surface area contributed by atoms with E-state index in [0.29, 0.717) is 0 Å². The molecule has 0 nitrogen and oxygen atoms in total. The van der Waals surface area contributed by atoms with Gasteiger partial charge in [0.15, 0.2) is 0 Å². The number of hydrogen-bond donors (Lipinski definition) is 0. The van der Waals surface area contributed by atoms with Gasteiger partial charge in [-0.05, 0) is 12.8 Å². The number of halogens is 1. The van der Waals surface area contributed by atoms with Crippen molar-refractivity contribution >= 4 is 0 Å². The molecule has 0 saturated carbocycles. The van der Waals surface area contributed by atoms with Gasteiger partial charge in [-0.3, -0.25) is 0 Å². The Bertz CT molecular complexity index is 301. The Morgan fingerprint density at radius 3 is 0.742 bits per heavy atom. The van der Waals surface area contributed by atoms with Crippen molar-refractivity contribution in [1.82, 2.24) is 0 Å². The van der Waals surface area contributed by atoms with Crippen LogP contribution in [-0.4, -0.2) is 6.17 Å². The van der Waals surface area contributed by atoms with Crippen molar-refractivity contribution in [3.8, 4) is 0 Å². The van der Waals surface area contributed by atoms with E-state index in [1.807, 2.05) is 0 Å². The van der Waals surface area contributed by atoms with Gasteiger partial charge >= 0.3 is 0 Å². The fourth-order valence-corrected chi connectivity index (χ4v) is 4.73. The highest BCUT2D eigenvalue weighted by atomic mass is 19.1. The van der Waals surface area contributed by atoms with Crippen LogP contribution in [0.2, 0.25) is 0 Å². The van der Waals surface area contributed by atoms with Crippen LogP contribution in [0.15, 0.2) is 0 Å². The summed E-state index contributed by atoms with van der Waals surface area (Å²) in [5.41, 5.74) is 0. The van der Waals surface area contributed by atoms with Gasteiger partial charge in [-0.25, -0.2) is 4.39 Å². The standard InChI is InChI=1S/C30H61F/c1-3-5-7-9-11-13-14-15-16-17-18-19-21-23-25-27-29-30(31)28-26-24-22-20-12-10-8-6-4-2/h30H,3-29H2,1-2H3. The molecule has 0 spiro atoms. The van der Waals surface area contributed by atoms with Crippen molar-refractivity contribution in [3.05, 3.63) is 0 Å². The average molecular weight is 441 g/mol. The van der Waals surface area contributed by atoms with Crippen LogP contribution in [0.3, 0.4) is 0 Å². The Morgan fingerprint density at radius 1 is 0.323 bits per heavy atom. The van der Waals surface area contributed by atoms with Crippen molar-refractivity contribution in [2.75, 3.05) is 0 Å². The second-order valence-corrected chi connectivity index (χ2v) is 10.3. The maximum atomic E-state index is 14.0. The molecule has 188 valence electrons. The molecule has 0 amide bonds. The maximum Gasteiger partial charge on any atom is 0.100 e. The molecule has 31 heavy (non-hydrogen) atoms. The molecule has 0 saturated heterocycles. The van der Waals surface area contributed by atoms with Gasteiger partial charge in [0.25, 0.3) is 0 Å². The van der Waals surface area contributed by atoms with Gasteiger partial charge in [-0.2, -0.15) is 0 Å². The fourth-order valence-electron chi connectivity index (χ4n) is 4.73. The van der Waals surface area contributed by atoms with Crippen LogP contribution in [0.25, 0.3) is 0 Å². The van der Waals surface area contributed by atoms with Crippen LogP contribution in [0.5, 0.6) is 0 Å². The number of hydrogen-bond acceptors (Lipinski definition) is 0. The van der Waals surface area contributed by atoms with Gasteiger partial charge in [0, 0.05) is 0 Å². The molecule has 0 fully saturated rings. The zero-order valence-corrected chi connectivity index (χ0v) is 22.0. The molecule has 0 aromatic heterocycles. The molecule has 1 unspecified atom stereocenters. The first-order valence-electron chi connectivity index (χ1n) is 14.9. The lowest BCUT2D eigenvalue weighted by Crippen LogP contribution is -2.00. The van der Waals surface area contributed by atoms with E-state index in [9.17, 15) is 4.39 Å². The highest BCUT2D eigenvalue weighted by Crippen LogP contribution is 2.18. The molecular weight excluding hydrogens is 379 g/mol. The van der Waals surface area contributed by atoms with Crippen LogP contribution >= 0.6 is 0 Å². The van der Waals surface area contributed by atoms with Gasteiger partial charge in [0.2, 0.25) is 0 Å². The van der Waals surface area contributed by atoms with Gasteiger partial charge in [0.1, 0.15) is 6.17 Å². The lowest BCUT2D eigenvalue weighted by molar-refractivity contribution is 0.279. The summed E-state index contributed by atoms with van der Waals surface area (Å²) in [6, 6.07) is 0. The quantitative estimate of drug-likeness (QED) is 0.111. The second kappa shape index (κ2) is 28.0. The van der Waals surface area contributed by atoms with Crippen LogP contribution in [0.4, 0.5) is 4.39 Å². The molecule has 0 N–H and O–H groups in total. The SMILES string of the molecule is CCCCCCCCCCCCCCCCCCC(F)CCCCCCCCCCC. The first-order chi connectivity index (χ1) is 15.3. The predicted molar refractivity (Wildman–Crippen MR) is 141 cm³/mol. The first-order valence-corrected chi connectivity index (χ1v) is 14.9. The summed E-state index contributed by atoms with van der Waals surface area (Å²) in [4.78, 5) is 0. The Kier molecular flexibility index (Phi) is 27.9. The van der Waals surface area contributed by atoms with Crippen molar-refractivity contribution in [2.24, 2.45) is 0 Å². The molecule has 1 heteroatoms. The lowest BCUT2D eigenvalue weighted by atomic mass is 10.0. The van der Waals surface area contributed by atoms with E-state index in [1.54, 1.807) is 0 Å². The van der Waals surface area contributed by atoms with Gasteiger partial charge in [-0.15, -0.1) is 0 Å². The third kappa shape index (κ3) is 27.9. The number of alkyl halides is 1. The zero-order valence-electron chi connectivity index (χ0n) is 22.0. The topological polar surface area (TPSA) is 0 Å². The van der Waals surface area contributed by atoms with Crippen LogP contribution in [-0.2, 0) is 0 Å². The smallest absolute Gasteiger partial charge is 0.100 e. The fraction of sp³-hybridized carbons (Fsp3) is 1.00. The number of rotatable bonds is 27. The first kappa shape index (κ1) is 30.9. The minimum Gasteiger partial charge on any atom is -0.247 e. The summed E-state index contributed by atoms with van der Waals surface area (Å²) >= 11 is 0. The highest BCUT2D eigenvalue weighted by Gasteiger charge is 2.05. The van der Waals surface area contributed by atoms with Crippen molar-refractivity contribution in [3.63, 3.8) is 0 Å². The van der Waals surface area contributed by atoms with Crippen LogP contribution < -0.4 is 0 Å². The van der Waals surface area contributed by atoms with Crippen LogP contribution in [0.1, 0.15) is 187 Å². The molecule has 0 aliphatic heterocycles. The van der Waals surface area contributed by atoms with E-state index >= 15 is 0 Å². The van der Waals surface area contributed by atoms with Crippen molar-refractivity contribution < 1.29 is 4.39 Å². The summed E-state index contributed by atoms with van der Waals surface area (Å²) in [6.07, 6.45) is 35.3. The largest absolute Gasteiger partial charge is 0.247 e. The number of unbranched alkanes of at least 4 members (excludes halogenated alkanes) is 23. The molecule has 0 aromatic carbocycles. The Morgan fingerprint density at radius 2 is 0.516 bits per heavy atom. The maximum absolute atomic E-state index is 14.0. The third-order valence-electron chi connectivity index (χ3n) is 6.99. The molecule has 0 rings (SSSR count). The highest BCUT2D eigenvalue weighted by molar-refractivity contribution is 4.58. The molecule has 0 aliphatic rings. The molecule has 0 bridgehead atoms. The molecule has 0 aliphatic carbocycles. The molecule has 1 atom stereocenters. The second-order valence-electron chi connectivity index (χ2n) is 10.3. The Hall–Kier alpha value is -0.0700. The van der Waals surface area contributed by atoms with E-state index in [4.69, 9.17) is 0 Å². The summed E-state index contributed by atoms with van der Waals surface area (Å²) in [5, 5.41) is 0. The Labute approximate surface area is 197 Å². The van der Waals surface area contributed by atoms with Crippen LogP contribution in [0, 0.1) is 0 Å². The normalized spacial score (nSPS) is 12.5. The lowest BCUT2D eigenvalue weighted by Gasteiger charge is -2.08. The van der Waals surface area contributed by atoms with E-state index in [2.05, 4.69) is 13.8 Å². The van der Waals surface area contributed by atoms with Gasteiger partial charge in [-0.1, -0.05) is 174 Å². The molecule has 0 radical (unpaired) electrons. The van der Waals surface area contributed by atoms with E-state index in [-0.39, 0.29) is 0 Å². The molecule has 0 heterocycles. The minimum absolute atomic E-state index is 0.531. The van der Waals surface area contributed by atoms with E-state index in [0.717, 1.165) is 25.7 Å². The van der Waals surface area contributed by atoms with E-state index in [1.165, 1.54) is 148 Å². The van der Waals surface area contributed by atoms with Gasteiger partial charge in [0.05, 0.1) is 0 Å². The molecular formula is C30H61F. The average Bonchev–Trinajstić information content (AvgIpc) is 2.77. The summed E-state index contributed by atoms with van der Waals surface area (Å²) < 4.78 is 14.0. The minimum atomic E-state index is -0.531. The van der Waals surface area contributed by atoms with Gasteiger partial charge < -0.3 is 0 Å². The summed E-state index contributed by atoms with van der Waals surface area (Å²) in [6.45, 7) is 4.56. The molecule has 0 aromatic rings. The monoisotopic (exact) mass is 440 g/mol. The van der Waals surface area contributed by atoms with E-state index < -0.39 is 6.17 Å². The summed E-state index contributed by atoms with van der Waals surface area (Å²) in [7, 11) is 0. The Balaban J connectivity index is 3.11. The van der Waals surface area contributed by atoms with Crippen molar-refractivity contribution in [1.29, 1.82) is 0 Å². The third-order valence-corrected chi connectivity index (χ3v) is 6.99.